The summed E-state index contributed by atoms with van der Waals surface area (Å²) in [4.78, 5) is 15.9. The van der Waals surface area contributed by atoms with E-state index >= 15 is 0 Å². The quantitative estimate of drug-likeness (QED) is 0.646. The first-order chi connectivity index (χ1) is 7.66. The Morgan fingerprint density at radius 3 is 2.75 bits per heavy atom. The number of rotatable bonds is 5. The van der Waals surface area contributed by atoms with E-state index in [1.54, 1.807) is 23.9 Å². The van der Waals surface area contributed by atoms with Crippen molar-refractivity contribution in [2.75, 3.05) is 5.75 Å². The number of hydrogen-bond acceptors (Lipinski definition) is 4. The maximum atomic E-state index is 11.0. The van der Waals surface area contributed by atoms with E-state index < -0.39 is 5.97 Å². The second kappa shape index (κ2) is 6.60. The van der Waals surface area contributed by atoms with Crippen molar-refractivity contribution < 1.29 is 9.90 Å². The Hall–Kier alpha value is -0.940. The zero-order valence-corrected chi connectivity index (χ0v) is 10.8. The van der Waals surface area contributed by atoms with Crippen LogP contribution in [0.3, 0.4) is 0 Å². The summed E-state index contributed by atoms with van der Waals surface area (Å²) in [5, 5.41) is 9.00. The molecule has 0 amide bonds. The van der Waals surface area contributed by atoms with Gasteiger partial charge in [0.1, 0.15) is 0 Å². The molecular weight excluding hydrogens is 242 g/mol. The molecule has 0 aliphatic heterocycles. The first-order valence-electron chi connectivity index (χ1n) is 4.81. The summed E-state index contributed by atoms with van der Waals surface area (Å²) < 4.78 is 0. The molecule has 5 heteroatoms. The molecule has 1 aromatic rings. The zero-order chi connectivity index (χ0) is 12.0. The summed E-state index contributed by atoms with van der Waals surface area (Å²) in [6.07, 6.45) is 1.67. The molecule has 0 spiro atoms. The minimum Gasteiger partial charge on any atom is -0.478 e. The third-order valence-corrected chi connectivity index (χ3v) is 4.42. The van der Waals surface area contributed by atoms with Crippen molar-refractivity contribution in [3.63, 3.8) is 0 Å². The molecule has 0 atom stereocenters. The minimum absolute atomic E-state index is 0.338. The standard InChI is InChI=1S/C11H13NO2S2/c1-3-15-16-10(8(2)11(13)14)9-6-4-5-7-12-9/h4-7H,3H2,1-2H3,(H,13,14). The maximum Gasteiger partial charge on any atom is 0.332 e. The van der Waals surface area contributed by atoms with Gasteiger partial charge in [0, 0.05) is 11.9 Å². The maximum absolute atomic E-state index is 11.0. The van der Waals surface area contributed by atoms with Gasteiger partial charge in [0.2, 0.25) is 0 Å². The van der Waals surface area contributed by atoms with Gasteiger partial charge in [-0.05, 0) is 19.1 Å². The van der Waals surface area contributed by atoms with Crippen LogP contribution in [0, 0.1) is 0 Å². The Labute approximate surface area is 103 Å². The molecule has 0 saturated carbocycles. The number of carboxylic acids is 1. The van der Waals surface area contributed by atoms with Gasteiger partial charge < -0.3 is 5.11 Å². The van der Waals surface area contributed by atoms with Gasteiger partial charge in [0.05, 0.1) is 16.2 Å². The number of carboxylic acid groups (broad SMARTS) is 1. The molecule has 0 saturated heterocycles. The van der Waals surface area contributed by atoms with Crippen LogP contribution in [0.2, 0.25) is 0 Å². The van der Waals surface area contributed by atoms with Crippen LogP contribution in [0.5, 0.6) is 0 Å². The van der Waals surface area contributed by atoms with E-state index in [-0.39, 0.29) is 0 Å². The topological polar surface area (TPSA) is 50.2 Å². The first kappa shape index (κ1) is 13.1. The highest BCUT2D eigenvalue weighted by Crippen LogP contribution is 2.38. The molecule has 0 aliphatic rings. The summed E-state index contributed by atoms with van der Waals surface area (Å²) in [7, 11) is 3.08. The fourth-order valence-electron chi connectivity index (χ4n) is 1.01. The van der Waals surface area contributed by atoms with Crippen LogP contribution in [-0.4, -0.2) is 21.8 Å². The predicted octanol–water partition coefficient (Wildman–Crippen LogP) is 3.30. The number of hydrogen-bond donors (Lipinski definition) is 1. The smallest absolute Gasteiger partial charge is 0.332 e. The summed E-state index contributed by atoms with van der Waals surface area (Å²) in [5.41, 5.74) is 1.05. The van der Waals surface area contributed by atoms with E-state index in [0.717, 1.165) is 10.7 Å². The fourth-order valence-corrected chi connectivity index (χ4v) is 3.00. The largest absolute Gasteiger partial charge is 0.478 e. The molecule has 0 aromatic carbocycles. The normalized spacial score (nSPS) is 12.1. The van der Waals surface area contributed by atoms with Crippen molar-refractivity contribution in [3.05, 3.63) is 35.7 Å². The van der Waals surface area contributed by atoms with Crippen LogP contribution in [0.1, 0.15) is 19.5 Å². The Morgan fingerprint density at radius 1 is 1.50 bits per heavy atom. The highest BCUT2D eigenvalue weighted by atomic mass is 33.1. The molecule has 1 aromatic heterocycles. The summed E-state index contributed by atoms with van der Waals surface area (Å²) in [6.45, 7) is 3.64. The highest BCUT2D eigenvalue weighted by molar-refractivity contribution is 8.80. The number of aromatic nitrogens is 1. The Kier molecular flexibility index (Phi) is 5.42. The number of nitrogens with zero attached hydrogens (tertiary/aromatic N) is 1. The van der Waals surface area contributed by atoms with Crippen LogP contribution in [0.4, 0.5) is 0 Å². The molecular formula is C11H13NO2S2. The third-order valence-electron chi connectivity index (χ3n) is 1.82. The summed E-state index contributed by atoms with van der Waals surface area (Å²) >= 11 is 0. The molecule has 3 nitrogen and oxygen atoms in total. The molecule has 0 unspecified atom stereocenters. The van der Waals surface area contributed by atoms with Gasteiger partial charge in [0.15, 0.2) is 0 Å². The SMILES string of the molecule is CCSSC(=C(C)C(=O)O)c1ccccn1. The third kappa shape index (κ3) is 3.57. The lowest BCUT2D eigenvalue weighted by atomic mass is 10.2. The average Bonchev–Trinajstić information content (AvgIpc) is 2.30. The Morgan fingerprint density at radius 2 is 2.25 bits per heavy atom. The van der Waals surface area contributed by atoms with Crippen LogP contribution in [-0.2, 0) is 4.79 Å². The number of aliphatic carboxylic acids is 1. The number of pyridine rings is 1. The summed E-state index contributed by atoms with van der Waals surface area (Å²) in [6, 6.07) is 5.49. The first-order valence-corrected chi connectivity index (χ1v) is 7.13. The Bertz CT molecular complexity index is 390. The second-order valence-electron chi connectivity index (χ2n) is 2.96. The molecule has 16 heavy (non-hydrogen) atoms. The van der Waals surface area contributed by atoms with Gasteiger partial charge in [-0.25, -0.2) is 4.79 Å². The lowest BCUT2D eigenvalue weighted by Crippen LogP contribution is -1.99. The molecule has 1 rings (SSSR count). The lowest BCUT2D eigenvalue weighted by molar-refractivity contribution is -0.132. The van der Waals surface area contributed by atoms with E-state index in [4.69, 9.17) is 5.11 Å². The van der Waals surface area contributed by atoms with Crippen molar-refractivity contribution in [3.8, 4) is 0 Å². The molecule has 86 valence electrons. The molecule has 0 aliphatic carbocycles. The van der Waals surface area contributed by atoms with E-state index in [1.165, 1.54) is 10.8 Å². The van der Waals surface area contributed by atoms with Crippen LogP contribution in [0.15, 0.2) is 30.0 Å². The van der Waals surface area contributed by atoms with Crippen molar-refractivity contribution in [1.29, 1.82) is 0 Å². The fraction of sp³-hybridized carbons (Fsp3) is 0.273. The zero-order valence-electron chi connectivity index (χ0n) is 9.14. The van der Waals surface area contributed by atoms with Crippen LogP contribution < -0.4 is 0 Å². The summed E-state index contributed by atoms with van der Waals surface area (Å²) in [5.74, 6) is 0.0262. The average molecular weight is 255 g/mol. The number of carbonyl (C=O) groups is 1. The van der Waals surface area contributed by atoms with Gasteiger partial charge in [-0.1, -0.05) is 34.6 Å². The van der Waals surface area contributed by atoms with Crippen LogP contribution >= 0.6 is 21.6 Å². The van der Waals surface area contributed by atoms with Gasteiger partial charge in [0.25, 0.3) is 0 Å². The van der Waals surface area contributed by atoms with E-state index in [2.05, 4.69) is 4.98 Å². The monoisotopic (exact) mass is 255 g/mol. The minimum atomic E-state index is -0.898. The lowest BCUT2D eigenvalue weighted by Gasteiger charge is -2.07. The van der Waals surface area contributed by atoms with Crippen molar-refractivity contribution in [1.82, 2.24) is 4.98 Å². The van der Waals surface area contributed by atoms with Crippen molar-refractivity contribution in [2.45, 2.75) is 13.8 Å². The Balaban J connectivity index is 3.06. The second-order valence-corrected chi connectivity index (χ2v) is 5.56. The molecule has 1 heterocycles. The van der Waals surface area contributed by atoms with E-state index in [9.17, 15) is 4.79 Å². The van der Waals surface area contributed by atoms with Crippen molar-refractivity contribution in [2.24, 2.45) is 0 Å². The van der Waals surface area contributed by atoms with Gasteiger partial charge in [-0.2, -0.15) is 0 Å². The molecule has 1 N–H and O–H groups in total. The molecule has 0 radical (unpaired) electrons. The van der Waals surface area contributed by atoms with Gasteiger partial charge in [-0.3, -0.25) is 4.98 Å². The van der Waals surface area contributed by atoms with Gasteiger partial charge in [-0.15, -0.1) is 0 Å². The van der Waals surface area contributed by atoms with Crippen LogP contribution in [0.25, 0.3) is 4.91 Å². The predicted molar refractivity (Wildman–Crippen MR) is 70.2 cm³/mol. The van der Waals surface area contributed by atoms with Gasteiger partial charge >= 0.3 is 5.97 Å². The highest BCUT2D eigenvalue weighted by Gasteiger charge is 2.13. The van der Waals surface area contributed by atoms with Crippen molar-refractivity contribution >= 4 is 32.5 Å². The van der Waals surface area contributed by atoms with E-state index in [1.807, 2.05) is 25.1 Å². The molecule has 0 fully saturated rings. The van der Waals surface area contributed by atoms with E-state index in [0.29, 0.717) is 11.3 Å². The molecule has 0 bridgehead atoms.